The van der Waals surface area contributed by atoms with E-state index >= 15 is 0 Å². The van der Waals surface area contributed by atoms with E-state index in [4.69, 9.17) is 0 Å². The summed E-state index contributed by atoms with van der Waals surface area (Å²) < 4.78 is 3.32. The molecule has 0 aliphatic heterocycles. The Kier molecular flexibility index (Phi) is 1.65. The number of fused-ring (bicyclic) bond motifs is 1. The molecule has 0 spiro atoms. The summed E-state index contributed by atoms with van der Waals surface area (Å²) in [4.78, 5) is 4.03. The minimum absolute atomic E-state index is 0.693. The molecule has 0 aromatic carbocycles. The van der Waals surface area contributed by atoms with Crippen LogP contribution in [0.3, 0.4) is 0 Å². The second-order valence-electron chi connectivity index (χ2n) is 1.90. The van der Waals surface area contributed by atoms with Gasteiger partial charge in [0.25, 0.3) is 0 Å². The Morgan fingerprint density at radius 3 is 2.91 bits per heavy atom. The summed E-state index contributed by atoms with van der Waals surface area (Å²) in [6, 6.07) is 0. The zero-order valence-electron chi connectivity index (χ0n) is 5.20. The van der Waals surface area contributed by atoms with Gasteiger partial charge >= 0.3 is 0 Å². The molecule has 2 rings (SSSR count). The molecule has 11 heavy (non-hydrogen) atoms. The molecule has 2 aromatic heterocycles. The molecule has 56 valence electrons. The van der Waals surface area contributed by atoms with Crippen molar-refractivity contribution in [1.82, 2.24) is 19.6 Å². The molecule has 0 radical (unpaired) electrons. The quantitative estimate of drug-likeness (QED) is 0.735. The van der Waals surface area contributed by atoms with E-state index in [1.54, 1.807) is 16.9 Å². The van der Waals surface area contributed by atoms with Crippen molar-refractivity contribution in [2.24, 2.45) is 0 Å². The van der Waals surface area contributed by atoms with Crippen molar-refractivity contribution in [3.63, 3.8) is 0 Å². The highest BCUT2D eigenvalue weighted by atomic mass is 79.9. The van der Waals surface area contributed by atoms with E-state index in [1.165, 1.54) is 0 Å². The van der Waals surface area contributed by atoms with E-state index in [-0.39, 0.29) is 0 Å². The van der Waals surface area contributed by atoms with Crippen LogP contribution >= 0.6 is 31.9 Å². The van der Waals surface area contributed by atoms with Crippen molar-refractivity contribution in [3.8, 4) is 0 Å². The first-order valence-electron chi connectivity index (χ1n) is 2.79. The number of nitrogens with zero attached hydrogens (tertiary/aromatic N) is 4. The van der Waals surface area contributed by atoms with Crippen LogP contribution in [-0.2, 0) is 0 Å². The Bertz CT molecular complexity index is 360. The van der Waals surface area contributed by atoms with Gasteiger partial charge < -0.3 is 0 Å². The molecule has 0 fully saturated rings. The maximum Gasteiger partial charge on any atom is 0.194 e. The topological polar surface area (TPSA) is 43.1 Å². The average Bonchev–Trinajstić information content (AvgIpc) is 2.45. The first-order chi connectivity index (χ1) is 5.29. The molecule has 6 heteroatoms. The maximum atomic E-state index is 4.03. The number of hydrogen-bond donors (Lipinski definition) is 0. The molecule has 2 heterocycles. The number of aromatic nitrogens is 4. The molecule has 0 bridgehead atoms. The molecule has 0 amide bonds. The van der Waals surface area contributed by atoms with E-state index in [0.717, 1.165) is 4.60 Å². The van der Waals surface area contributed by atoms with Crippen LogP contribution in [-0.4, -0.2) is 19.6 Å². The highest BCUT2D eigenvalue weighted by molar-refractivity contribution is 9.11. The Balaban J connectivity index is 2.96. The van der Waals surface area contributed by atoms with E-state index in [1.807, 2.05) is 0 Å². The summed E-state index contributed by atoms with van der Waals surface area (Å²) in [6.07, 6.45) is 3.30. The van der Waals surface area contributed by atoms with Crippen molar-refractivity contribution >= 4 is 37.5 Å². The predicted octanol–water partition coefficient (Wildman–Crippen LogP) is 1.65. The van der Waals surface area contributed by atoms with Crippen LogP contribution in [0, 0.1) is 0 Å². The molecule has 0 N–H and O–H groups in total. The summed E-state index contributed by atoms with van der Waals surface area (Å²) in [5.74, 6) is 0. The molecule has 0 saturated carbocycles. The summed E-state index contributed by atoms with van der Waals surface area (Å²) >= 11 is 6.56. The van der Waals surface area contributed by atoms with Crippen molar-refractivity contribution < 1.29 is 0 Å². The predicted molar refractivity (Wildman–Crippen MR) is 46.2 cm³/mol. The van der Waals surface area contributed by atoms with Gasteiger partial charge in [0.1, 0.15) is 10.9 Å². The third kappa shape index (κ3) is 1.06. The molecular weight excluding hydrogens is 276 g/mol. The van der Waals surface area contributed by atoms with Gasteiger partial charge in [-0.25, -0.2) is 4.98 Å². The molecule has 0 unspecified atom stereocenters. The fraction of sp³-hybridized carbons (Fsp3) is 0. The van der Waals surface area contributed by atoms with Crippen LogP contribution in [0.25, 0.3) is 5.65 Å². The van der Waals surface area contributed by atoms with Gasteiger partial charge in [0.2, 0.25) is 0 Å². The van der Waals surface area contributed by atoms with Crippen LogP contribution in [0.15, 0.2) is 21.7 Å². The summed E-state index contributed by atoms with van der Waals surface area (Å²) in [5.41, 5.74) is 0.708. The molecule has 0 aliphatic rings. The van der Waals surface area contributed by atoms with E-state index < -0.39 is 0 Å². The van der Waals surface area contributed by atoms with Crippen LogP contribution < -0.4 is 0 Å². The van der Waals surface area contributed by atoms with Crippen LogP contribution in [0.5, 0.6) is 0 Å². The number of halogens is 2. The van der Waals surface area contributed by atoms with Gasteiger partial charge in [0, 0.05) is 0 Å². The van der Waals surface area contributed by atoms with Crippen molar-refractivity contribution in [2.75, 3.05) is 0 Å². The fourth-order valence-corrected chi connectivity index (χ4v) is 1.50. The normalized spacial score (nSPS) is 10.7. The van der Waals surface area contributed by atoms with Gasteiger partial charge in [-0.15, -0.1) is 10.2 Å². The standard InChI is InChI=1S/C5H2Br2N4/c6-3-1-8-4(7)5-10-9-2-11(3)5/h1-2H. The van der Waals surface area contributed by atoms with E-state index in [2.05, 4.69) is 47.0 Å². The van der Waals surface area contributed by atoms with Crippen molar-refractivity contribution in [3.05, 3.63) is 21.7 Å². The third-order valence-electron chi connectivity index (χ3n) is 1.25. The molecular formula is C5H2Br2N4. The SMILES string of the molecule is Brc1ncc(Br)n2cnnc12. The van der Waals surface area contributed by atoms with Gasteiger partial charge in [-0.3, -0.25) is 4.40 Å². The highest BCUT2D eigenvalue weighted by Gasteiger charge is 2.03. The number of rotatable bonds is 0. The van der Waals surface area contributed by atoms with Crippen LogP contribution in [0.1, 0.15) is 0 Å². The van der Waals surface area contributed by atoms with Gasteiger partial charge in [0.15, 0.2) is 10.3 Å². The highest BCUT2D eigenvalue weighted by Crippen LogP contribution is 2.16. The largest absolute Gasteiger partial charge is 0.272 e. The number of hydrogen-bond acceptors (Lipinski definition) is 3. The van der Waals surface area contributed by atoms with Gasteiger partial charge in [-0.2, -0.15) is 0 Å². The molecule has 0 saturated heterocycles. The zero-order valence-corrected chi connectivity index (χ0v) is 8.37. The second kappa shape index (κ2) is 2.53. The summed E-state index contributed by atoms with van der Waals surface area (Å²) in [6.45, 7) is 0. The van der Waals surface area contributed by atoms with E-state index in [0.29, 0.717) is 10.3 Å². The Labute approximate surface area is 78.9 Å². The lowest BCUT2D eigenvalue weighted by Gasteiger charge is -1.95. The molecule has 4 nitrogen and oxygen atoms in total. The Morgan fingerprint density at radius 1 is 1.36 bits per heavy atom. The minimum atomic E-state index is 0.693. The third-order valence-corrected chi connectivity index (χ3v) is 2.39. The second-order valence-corrected chi connectivity index (χ2v) is 3.46. The van der Waals surface area contributed by atoms with Crippen molar-refractivity contribution in [1.29, 1.82) is 0 Å². The maximum absolute atomic E-state index is 4.03. The Hall–Kier alpha value is -0.490. The van der Waals surface area contributed by atoms with E-state index in [9.17, 15) is 0 Å². The summed E-state index contributed by atoms with van der Waals surface area (Å²) in [5, 5.41) is 7.59. The first kappa shape index (κ1) is 7.17. The average molecular weight is 278 g/mol. The lowest BCUT2D eigenvalue weighted by molar-refractivity contribution is 1.06. The lowest BCUT2D eigenvalue weighted by atomic mass is 10.7. The minimum Gasteiger partial charge on any atom is -0.272 e. The Morgan fingerprint density at radius 2 is 2.18 bits per heavy atom. The molecule has 0 atom stereocenters. The van der Waals surface area contributed by atoms with Gasteiger partial charge in [-0.05, 0) is 31.9 Å². The van der Waals surface area contributed by atoms with Gasteiger partial charge in [0.05, 0.1) is 6.20 Å². The monoisotopic (exact) mass is 276 g/mol. The van der Waals surface area contributed by atoms with Crippen molar-refractivity contribution in [2.45, 2.75) is 0 Å². The smallest absolute Gasteiger partial charge is 0.194 e. The molecule has 0 aliphatic carbocycles. The first-order valence-corrected chi connectivity index (χ1v) is 4.37. The summed E-state index contributed by atoms with van der Waals surface area (Å²) in [7, 11) is 0. The fourth-order valence-electron chi connectivity index (χ4n) is 0.762. The zero-order chi connectivity index (χ0) is 7.84. The molecule has 2 aromatic rings. The lowest BCUT2D eigenvalue weighted by Crippen LogP contribution is -1.89. The van der Waals surface area contributed by atoms with Crippen LogP contribution in [0.4, 0.5) is 0 Å². The van der Waals surface area contributed by atoms with Crippen LogP contribution in [0.2, 0.25) is 0 Å². The van der Waals surface area contributed by atoms with Gasteiger partial charge in [-0.1, -0.05) is 0 Å².